The largest absolute Gasteiger partial charge is 0.481 e. The normalized spacial score (nSPS) is 21.2. The SMILES string of the molecule is CC1C(CSc2ncn[nH]2)OC(c2ccc(CNC(=O)CCCC(=O)O)cc2)OC1c1ccc(CO)cc1. The molecule has 0 aliphatic carbocycles. The second-order valence-electron chi connectivity index (χ2n) is 9.19. The van der Waals surface area contributed by atoms with E-state index in [1.165, 1.54) is 6.33 Å². The summed E-state index contributed by atoms with van der Waals surface area (Å²) < 4.78 is 12.9. The van der Waals surface area contributed by atoms with Crippen molar-refractivity contribution >= 4 is 23.6 Å². The summed E-state index contributed by atoms with van der Waals surface area (Å²) in [6, 6.07) is 15.5. The number of aliphatic hydroxyl groups excluding tert-OH is 1. The number of aliphatic hydroxyl groups is 1. The highest BCUT2D eigenvalue weighted by atomic mass is 32.2. The molecule has 1 aliphatic rings. The lowest BCUT2D eigenvalue weighted by molar-refractivity contribution is -0.268. The number of carbonyl (C=O) groups is 2. The Kier molecular flexibility index (Phi) is 9.88. The molecule has 38 heavy (non-hydrogen) atoms. The number of ether oxygens (including phenoxy) is 2. The van der Waals surface area contributed by atoms with Crippen molar-refractivity contribution in [3.63, 3.8) is 0 Å². The predicted molar refractivity (Wildman–Crippen MR) is 140 cm³/mol. The van der Waals surface area contributed by atoms with E-state index in [1.807, 2.05) is 48.5 Å². The number of aromatic amines is 1. The fourth-order valence-corrected chi connectivity index (χ4v) is 5.16. The lowest BCUT2D eigenvalue weighted by atomic mass is 9.91. The highest BCUT2D eigenvalue weighted by molar-refractivity contribution is 7.99. The molecule has 1 aromatic heterocycles. The van der Waals surface area contributed by atoms with E-state index in [4.69, 9.17) is 14.6 Å². The number of aliphatic carboxylic acids is 1. The van der Waals surface area contributed by atoms with Gasteiger partial charge in [-0.2, -0.15) is 5.10 Å². The number of hydrogen-bond acceptors (Lipinski definition) is 8. The topological polar surface area (TPSA) is 147 Å². The number of rotatable bonds is 12. The van der Waals surface area contributed by atoms with E-state index < -0.39 is 12.3 Å². The summed E-state index contributed by atoms with van der Waals surface area (Å²) in [5, 5.41) is 28.5. The number of nitrogens with one attached hydrogen (secondary N) is 2. The smallest absolute Gasteiger partial charge is 0.303 e. The molecule has 4 unspecified atom stereocenters. The van der Waals surface area contributed by atoms with Gasteiger partial charge in [0.25, 0.3) is 0 Å². The maximum Gasteiger partial charge on any atom is 0.303 e. The molecule has 1 amide bonds. The van der Waals surface area contributed by atoms with Crippen LogP contribution in [-0.4, -0.2) is 49.1 Å². The summed E-state index contributed by atoms with van der Waals surface area (Å²) in [6.45, 7) is 2.44. The summed E-state index contributed by atoms with van der Waals surface area (Å²) in [5.74, 6) is -0.367. The molecule has 2 heterocycles. The first-order valence-corrected chi connectivity index (χ1v) is 13.5. The van der Waals surface area contributed by atoms with Gasteiger partial charge < -0.3 is 25.0 Å². The van der Waals surface area contributed by atoms with Gasteiger partial charge in [0.1, 0.15) is 6.33 Å². The van der Waals surface area contributed by atoms with Crippen LogP contribution in [0.15, 0.2) is 60.0 Å². The molecule has 10 nitrogen and oxygen atoms in total. The maximum absolute atomic E-state index is 12.0. The van der Waals surface area contributed by atoms with Crippen molar-refractivity contribution in [1.29, 1.82) is 0 Å². The Morgan fingerprint density at radius 3 is 2.39 bits per heavy atom. The molecule has 1 aliphatic heterocycles. The van der Waals surface area contributed by atoms with Crippen LogP contribution in [0.5, 0.6) is 0 Å². The number of H-pyrrole nitrogens is 1. The zero-order valence-electron chi connectivity index (χ0n) is 21.1. The van der Waals surface area contributed by atoms with E-state index >= 15 is 0 Å². The summed E-state index contributed by atoms with van der Waals surface area (Å²) in [4.78, 5) is 26.8. The number of benzene rings is 2. The van der Waals surface area contributed by atoms with Crippen molar-refractivity contribution in [2.45, 2.75) is 63.0 Å². The fourth-order valence-electron chi connectivity index (χ4n) is 4.22. The van der Waals surface area contributed by atoms with Crippen molar-refractivity contribution in [1.82, 2.24) is 20.5 Å². The van der Waals surface area contributed by atoms with Crippen LogP contribution in [0.4, 0.5) is 0 Å². The molecule has 0 bridgehead atoms. The van der Waals surface area contributed by atoms with Crippen LogP contribution >= 0.6 is 11.8 Å². The highest BCUT2D eigenvalue weighted by Gasteiger charge is 2.38. The van der Waals surface area contributed by atoms with Gasteiger partial charge in [0.05, 0.1) is 18.8 Å². The number of amides is 1. The molecule has 0 spiro atoms. The van der Waals surface area contributed by atoms with E-state index in [2.05, 4.69) is 27.4 Å². The van der Waals surface area contributed by atoms with Gasteiger partial charge in [-0.1, -0.05) is 67.2 Å². The lowest BCUT2D eigenvalue weighted by Gasteiger charge is -2.41. The molecule has 4 N–H and O–H groups in total. The number of carboxylic acid groups (broad SMARTS) is 1. The summed E-state index contributed by atoms with van der Waals surface area (Å²) in [6.07, 6.45) is 1.02. The van der Waals surface area contributed by atoms with Crippen LogP contribution in [0.3, 0.4) is 0 Å². The monoisotopic (exact) mass is 540 g/mol. The molecule has 202 valence electrons. The average Bonchev–Trinajstić information content (AvgIpc) is 3.45. The van der Waals surface area contributed by atoms with Crippen LogP contribution < -0.4 is 5.32 Å². The van der Waals surface area contributed by atoms with Crippen molar-refractivity contribution in [2.75, 3.05) is 5.75 Å². The van der Waals surface area contributed by atoms with Gasteiger partial charge >= 0.3 is 5.97 Å². The molecule has 3 aromatic rings. The molecular weight excluding hydrogens is 508 g/mol. The Balaban J connectivity index is 1.43. The number of nitrogens with zero attached hydrogens (tertiary/aromatic N) is 2. The Hall–Kier alpha value is -3.25. The Morgan fingerprint density at radius 2 is 1.74 bits per heavy atom. The first kappa shape index (κ1) is 27.8. The minimum atomic E-state index is -0.904. The number of carboxylic acids is 1. The summed E-state index contributed by atoms with van der Waals surface area (Å²) >= 11 is 1.54. The second-order valence-corrected chi connectivity index (χ2v) is 10.2. The molecule has 0 saturated carbocycles. The number of thioether (sulfide) groups is 1. The predicted octanol–water partition coefficient (Wildman–Crippen LogP) is 3.75. The third-order valence-electron chi connectivity index (χ3n) is 6.44. The van der Waals surface area contributed by atoms with Gasteiger partial charge in [0.15, 0.2) is 11.4 Å². The van der Waals surface area contributed by atoms with Crippen LogP contribution in [0.1, 0.15) is 60.8 Å². The highest BCUT2D eigenvalue weighted by Crippen LogP contribution is 2.42. The van der Waals surface area contributed by atoms with Crippen molar-refractivity contribution < 1.29 is 29.3 Å². The van der Waals surface area contributed by atoms with Crippen LogP contribution in [0.2, 0.25) is 0 Å². The first-order chi connectivity index (χ1) is 18.4. The maximum atomic E-state index is 12.0. The summed E-state index contributed by atoms with van der Waals surface area (Å²) in [7, 11) is 0. The summed E-state index contributed by atoms with van der Waals surface area (Å²) in [5.41, 5.74) is 3.63. The molecule has 0 radical (unpaired) electrons. The number of carbonyl (C=O) groups excluding carboxylic acids is 1. The second kappa shape index (κ2) is 13.5. The quantitative estimate of drug-likeness (QED) is 0.252. The van der Waals surface area contributed by atoms with E-state index in [0.717, 1.165) is 27.4 Å². The zero-order chi connectivity index (χ0) is 26.9. The van der Waals surface area contributed by atoms with Gasteiger partial charge in [0, 0.05) is 36.6 Å². The van der Waals surface area contributed by atoms with Gasteiger partial charge in [-0.05, 0) is 23.1 Å². The molecule has 1 saturated heterocycles. The van der Waals surface area contributed by atoms with E-state index in [9.17, 15) is 14.7 Å². The molecule has 2 aromatic carbocycles. The lowest BCUT2D eigenvalue weighted by Crippen LogP contribution is -2.38. The molecule has 4 atom stereocenters. The van der Waals surface area contributed by atoms with Crippen molar-refractivity contribution in [2.24, 2.45) is 5.92 Å². The number of hydrogen-bond donors (Lipinski definition) is 4. The van der Waals surface area contributed by atoms with Crippen molar-refractivity contribution in [3.05, 3.63) is 77.1 Å². The van der Waals surface area contributed by atoms with Crippen molar-refractivity contribution in [3.8, 4) is 0 Å². The standard InChI is InChI=1S/C27H32N4O6S/c1-17-22(15-38-27-29-16-30-31-27)36-26(37-25(17)20-9-7-19(14-32)8-10-20)21-11-5-18(6-12-21)13-28-23(33)3-2-4-24(34)35/h5-12,16-17,22,25-26,32H,2-4,13-15H2,1H3,(H,28,33)(H,34,35)(H,29,30,31). The van der Waals surface area contributed by atoms with Gasteiger partial charge in [-0.15, -0.1) is 0 Å². The molecule has 11 heteroatoms. The number of aromatic nitrogens is 3. The molecule has 4 rings (SSSR count). The third kappa shape index (κ3) is 7.64. The van der Waals surface area contributed by atoms with Gasteiger partial charge in [-0.25, -0.2) is 4.98 Å². The fraction of sp³-hybridized carbons (Fsp3) is 0.407. The van der Waals surface area contributed by atoms with Gasteiger partial charge in [0.2, 0.25) is 5.91 Å². The van der Waals surface area contributed by atoms with Crippen LogP contribution in [-0.2, 0) is 32.2 Å². The van der Waals surface area contributed by atoms with E-state index in [0.29, 0.717) is 18.7 Å². The minimum Gasteiger partial charge on any atom is -0.481 e. The average molecular weight is 541 g/mol. The molecular formula is C27H32N4O6S. The molecule has 1 fully saturated rings. The third-order valence-corrected chi connectivity index (χ3v) is 7.40. The van der Waals surface area contributed by atoms with E-state index in [1.54, 1.807) is 11.8 Å². The van der Waals surface area contributed by atoms with Gasteiger partial charge in [-0.3, -0.25) is 14.7 Å². The van der Waals surface area contributed by atoms with Crippen LogP contribution in [0.25, 0.3) is 0 Å². The van der Waals surface area contributed by atoms with Crippen LogP contribution in [0, 0.1) is 5.92 Å². The van der Waals surface area contributed by atoms with E-state index in [-0.39, 0.29) is 43.5 Å². The Bertz CT molecular complexity index is 1170. The zero-order valence-corrected chi connectivity index (χ0v) is 21.9. The Labute approximate surface area is 225 Å². The minimum absolute atomic E-state index is 0.0152. The Morgan fingerprint density at radius 1 is 1.03 bits per heavy atom. The first-order valence-electron chi connectivity index (χ1n) is 12.5.